The number of carboxylic acid groups (broad SMARTS) is 1. The Labute approximate surface area is 70.9 Å². The van der Waals surface area contributed by atoms with Crippen molar-refractivity contribution in [2.75, 3.05) is 6.54 Å². The van der Waals surface area contributed by atoms with Gasteiger partial charge in [0.2, 0.25) is 5.91 Å². The summed E-state index contributed by atoms with van der Waals surface area (Å²) in [4.78, 5) is 21.1. The van der Waals surface area contributed by atoms with Crippen molar-refractivity contribution in [2.45, 2.75) is 19.9 Å². The predicted octanol–water partition coefficient (Wildman–Crippen LogP) is -0.829. The maximum atomic E-state index is 10.9. The Hall–Kier alpha value is -1.10. The van der Waals surface area contributed by atoms with Crippen molar-refractivity contribution in [3.05, 3.63) is 0 Å². The number of carboxylic acids is 1. The van der Waals surface area contributed by atoms with Crippen molar-refractivity contribution in [3.63, 3.8) is 0 Å². The normalized spacial score (nSPS) is 12.7. The Kier molecular flexibility index (Phi) is 4.28. The molecule has 1 atom stereocenters. The number of nitrogens with one attached hydrogen (secondary N) is 1. The number of carbonyl (C=O) groups excluding carboxylic acids is 1. The molecule has 5 nitrogen and oxygen atoms in total. The van der Waals surface area contributed by atoms with E-state index in [9.17, 15) is 9.59 Å². The Morgan fingerprint density at radius 2 is 2.00 bits per heavy atom. The van der Waals surface area contributed by atoms with Crippen LogP contribution in [-0.2, 0) is 9.59 Å². The fraction of sp³-hybridized carbons (Fsp3) is 0.714. The number of nitrogens with two attached hydrogens (primary N) is 1. The fourth-order valence-corrected chi connectivity index (χ4v) is 0.502. The Morgan fingerprint density at radius 1 is 1.50 bits per heavy atom. The van der Waals surface area contributed by atoms with Gasteiger partial charge in [0.1, 0.15) is 6.04 Å². The van der Waals surface area contributed by atoms with Crippen LogP contribution in [-0.4, -0.2) is 29.6 Å². The van der Waals surface area contributed by atoms with Crippen molar-refractivity contribution in [3.8, 4) is 0 Å². The maximum Gasteiger partial charge on any atom is 0.322 e. The lowest BCUT2D eigenvalue weighted by Crippen LogP contribution is -2.43. The minimum atomic E-state index is -1.11. The van der Waals surface area contributed by atoms with Crippen LogP contribution in [0.15, 0.2) is 0 Å². The molecule has 0 aromatic carbocycles. The van der Waals surface area contributed by atoms with E-state index in [-0.39, 0.29) is 18.4 Å². The first-order chi connectivity index (χ1) is 5.45. The van der Waals surface area contributed by atoms with E-state index in [1.807, 2.05) is 0 Å². The molecule has 70 valence electrons. The summed E-state index contributed by atoms with van der Waals surface area (Å²) < 4.78 is 0. The van der Waals surface area contributed by atoms with Crippen molar-refractivity contribution < 1.29 is 14.7 Å². The van der Waals surface area contributed by atoms with Gasteiger partial charge in [-0.2, -0.15) is 0 Å². The smallest absolute Gasteiger partial charge is 0.322 e. The maximum absolute atomic E-state index is 10.9. The molecule has 0 rings (SSSR count). The topological polar surface area (TPSA) is 92.4 Å². The third kappa shape index (κ3) is 3.92. The summed E-state index contributed by atoms with van der Waals surface area (Å²) in [6, 6.07) is -1.02. The molecule has 5 heteroatoms. The van der Waals surface area contributed by atoms with Crippen LogP contribution < -0.4 is 11.1 Å². The van der Waals surface area contributed by atoms with Crippen LogP contribution >= 0.6 is 0 Å². The molecule has 0 unspecified atom stereocenters. The second-order valence-corrected chi connectivity index (χ2v) is 2.84. The van der Waals surface area contributed by atoms with Crippen LogP contribution in [0.1, 0.15) is 13.8 Å². The average molecular weight is 174 g/mol. The lowest BCUT2D eigenvalue weighted by Gasteiger charge is -2.09. The van der Waals surface area contributed by atoms with E-state index in [1.165, 1.54) is 0 Å². The van der Waals surface area contributed by atoms with Gasteiger partial charge >= 0.3 is 5.97 Å². The van der Waals surface area contributed by atoms with Crippen molar-refractivity contribution in [2.24, 2.45) is 11.7 Å². The predicted molar refractivity (Wildman–Crippen MR) is 43.5 cm³/mol. The van der Waals surface area contributed by atoms with Crippen molar-refractivity contribution in [1.82, 2.24) is 5.32 Å². The van der Waals surface area contributed by atoms with Gasteiger partial charge < -0.3 is 16.2 Å². The summed E-state index contributed by atoms with van der Waals surface area (Å²) in [6.07, 6.45) is 0. The van der Waals surface area contributed by atoms with Gasteiger partial charge in [0.15, 0.2) is 0 Å². The fourth-order valence-electron chi connectivity index (χ4n) is 0.502. The lowest BCUT2D eigenvalue weighted by molar-refractivity contribution is -0.138. The monoisotopic (exact) mass is 174 g/mol. The highest BCUT2D eigenvalue weighted by Gasteiger charge is 2.13. The molecule has 0 saturated carbocycles. The van der Waals surface area contributed by atoms with Crippen LogP contribution in [0, 0.1) is 5.92 Å². The van der Waals surface area contributed by atoms with Gasteiger partial charge in [0, 0.05) is 12.5 Å². The molecule has 0 fully saturated rings. The molecule has 0 spiro atoms. The standard InChI is InChI=1S/C7H14N2O3/c1-4(2)6(10)9-3-5(8)7(11)12/h4-5H,3,8H2,1-2H3,(H,9,10)(H,11,12)/t5-/m0/s1. The van der Waals surface area contributed by atoms with E-state index in [1.54, 1.807) is 13.8 Å². The van der Waals surface area contributed by atoms with E-state index in [2.05, 4.69) is 5.32 Å². The number of amides is 1. The Bertz CT molecular complexity index is 179. The summed E-state index contributed by atoms with van der Waals surface area (Å²) >= 11 is 0. The van der Waals surface area contributed by atoms with E-state index in [0.717, 1.165) is 0 Å². The van der Waals surface area contributed by atoms with Gasteiger partial charge in [-0.1, -0.05) is 13.8 Å². The molecule has 12 heavy (non-hydrogen) atoms. The molecule has 1 amide bonds. The molecule has 0 radical (unpaired) electrons. The first-order valence-corrected chi connectivity index (χ1v) is 3.71. The quantitative estimate of drug-likeness (QED) is 0.518. The number of hydrogen-bond donors (Lipinski definition) is 3. The largest absolute Gasteiger partial charge is 0.480 e. The molecule has 0 heterocycles. The molecule has 0 aromatic heterocycles. The first kappa shape index (κ1) is 10.9. The molecule has 0 aliphatic carbocycles. The molecular formula is C7H14N2O3. The van der Waals surface area contributed by atoms with Crippen LogP contribution in [0.25, 0.3) is 0 Å². The molecule has 0 aromatic rings. The minimum Gasteiger partial charge on any atom is -0.480 e. The number of aliphatic carboxylic acids is 1. The molecule has 0 aliphatic rings. The number of rotatable bonds is 4. The zero-order chi connectivity index (χ0) is 9.72. The van der Waals surface area contributed by atoms with E-state index < -0.39 is 12.0 Å². The van der Waals surface area contributed by atoms with Gasteiger partial charge in [-0.05, 0) is 0 Å². The van der Waals surface area contributed by atoms with Gasteiger partial charge in [-0.25, -0.2) is 0 Å². The van der Waals surface area contributed by atoms with E-state index in [0.29, 0.717) is 0 Å². The van der Waals surface area contributed by atoms with Gasteiger partial charge in [0.05, 0.1) is 0 Å². The number of hydrogen-bond acceptors (Lipinski definition) is 3. The highest BCUT2D eigenvalue weighted by atomic mass is 16.4. The molecule has 0 saturated heterocycles. The third-order valence-electron chi connectivity index (χ3n) is 1.34. The first-order valence-electron chi connectivity index (χ1n) is 3.71. The Balaban J connectivity index is 3.69. The number of carbonyl (C=O) groups is 2. The van der Waals surface area contributed by atoms with Gasteiger partial charge in [-0.15, -0.1) is 0 Å². The van der Waals surface area contributed by atoms with Crippen LogP contribution in [0.5, 0.6) is 0 Å². The van der Waals surface area contributed by atoms with Gasteiger partial charge in [0.25, 0.3) is 0 Å². The molecular weight excluding hydrogens is 160 g/mol. The summed E-state index contributed by atoms with van der Waals surface area (Å²) in [6.45, 7) is 3.43. The second-order valence-electron chi connectivity index (χ2n) is 2.84. The highest BCUT2D eigenvalue weighted by Crippen LogP contribution is 1.89. The molecule has 0 aliphatic heterocycles. The van der Waals surface area contributed by atoms with Crippen LogP contribution in [0.3, 0.4) is 0 Å². The zero-order valence-corrected chi connectivity index (χ0v) is 7.20. The van der Waals surface area contributed by atoms with Crippen LogP contribution in [0.4, 0.5) is 0 Å². The van der Waals surface area contributed by atoms with E-state index in [4.69, 9.17) is 10.8 Å². The van der Waals surface area contributed by atoms with Crippen LogP contribution in [0.2, 0.25) is 0 Å². The molecule has 4 N–H and O–H groups in total. The third-order valence-corrected chi connectivity index (χ3v) is 1.34. The SMILES string of the molecule is CC(C)C(=O)NC[C@H](N)C(=O)O. The second kappa shape index (κ2) is 4.71. The zero-order valence-electron chi connectivity index (χ0n) is 7.20. The summed E-state index contributed by atoms with van der Waals surface area (Å²) in [7, 11) is 0. The lowest BCUT2D eigenvalue weighted by atomic mass is 10.2. The summed E-state index contributed by atoms with van der Waals surface area (Å²) in [5, 5.41) is 10.8. The van der Waals surface area contributed by atoms with E-state index >= 15 is 0 Å². The van der Waals surface area contributed by atoms with Crippen molar-refractivity contribution in [1.29, 1.82) is 0 Å². The average Bonchev–Trinajstić information content (AvgIpc) is 1.98. The minimum absolute atomic E-state index is 0.0215. The van der Waals surface area contributed by atoms with Gasteiger partial charge in [-0.3, -0.25) is 9.59 Å². The molecule has 0 bridgehead atoms. The van der Waals surface area contributed by atoms with Crippen molar-refractivity contribution >= 4 is 11.9 Å². The summed E-state index contributed by atoms with van der Waals surface area (Å²) in [5.41, 5.74) is 5.15. The Morgan fingerprint density at radius 3 is 2.33 bits per heavy atom. The summed E-state index contributed by atoms with van der Waals surface area (Å²) in [5.74, 6) is -1.45. The highest BCUT2D eigenvalue weighted by molar-refractivity contribution is 5.79.